The van der Waals surface area contributed by atoms with Gasteiger partial charge in [-0.3, -0.25) is 9.89 Å². The molecule has 0 spiro atoms. The molecule has 1 aromatic rings. The highest BCUT2D eigenvalue weighted by molar-refractivity contribution is 5.79. The van der Waals surface area contributed by atoms with Crippen molar-refractivity contribution in [3.05, 3.63) is 18.0 Å². The molecule has 0 aliphatic carbocycles. The predicted octanol–water partition coefficient (Wildman–Crippen LogP) is 1.60. The normalized spacial score (nSPS) is 15.2. The number of aromatic nitrogens is 2. The minimum atomic E-state index is -0.139. The average molecular weight is 252 g/mol. The fourth-order valence-corrected chi connectivity index (χ4v) is 1.93. The summed E-state index contributed by atoms with van der Waals surface area (Å²) in [6.45, 7) is 8.65. The number of H-pyrrole nitrogens is 1. The number of hydrogen-bond acceptors (Lipinski definition) is 3. The van der Waals surface area contributed by atoms with Gasteiger partial charge < -0.3 is 11.1 Å². The van der Waals surface area contributed by atoms with Crippen molar-refractivity contribution in [2.45, 2.75) is 40.2 Å². The maximum absolute atomic E-state index is 12.1. The summed E-state index contributed by atoms with van der Waals surface area (Å²) in [5.41, 5.74) is 6.76. The predicted molar refractivity (Wildman–Crippen MR) is 71.8 cm³/mol. The lowest BCUT2D eigenvalue weighted by atomic mass is 9.84. The van der Waals surface area contributed by atoms with Crippen molar-refractivity contribution >= 4 is 5.91 Å². The summed E-state index contributed by atoms with van der Waals surface area (Å²) in [6.07, 6.45) is 4.28. The number of nitrogens with one attached hydrogen (secondary N) is 2. The van der Waals surface area contributed by atoms with Crippen molar-refractivity contribution in [1.29, 1.82) is 0 Å². The summed E-state index contributed by atoms with van der Waals surface area (Å²) in [5.74, 6) is -0.125. The van der Waals surface area contributed by atoms with Crippen LogP contribution in [0.3, 0.4) is 0 Å². The Morgan fingerprint density at radius 2 is 2.22 bits per heavy atom. The summed E-state index contributed by atoms with van der Waals surface area (Å²) in [6, 6.07) is -0.0507. The monoisotopic (exact) mass is 252 g/mol. The SMILES string of the molecule is CC(NC(=O)C(CN)CC(C)(C)C)c1cn[nH]c1. The van der Waals surface area contributed by atoms with E-state index in [9.17, 15) is 4.79 Å². The fourth-order valence-electron chi connectivity index (χ4n) is 1.93. The third kappa shape index (κ3) is 4.49. The van der Waals surface area contributed by atoms with E-state index in [0.717, 1.165) is 12.0 Å². The highest BCUT2D eigenvalue weighted by atomic mass is 16.1. The molecule has 1 rings (SSSR count). The van der Waals surface area contributed by atoms with Crippen LogP contribution in [0, 0.1) is 11.3 Å². The molecule has 0 saturated heterocycles. The summed E-state index contributed by atoms with van der Waals surface area (Å²) < 4.78 is 0. The van der Waals surface area contributed by atoms with Crippen LogP contribution in [0.4, 0.5) is 0 Å². The summed E-state index contributed by atoms with van der Waals surface area (Å²) >= 11 is 0. The van der Waals surface area contributed by atoms with Gasteiger partial charge in [0.2, 0.25) is 5.91 Å². The van der Waals surface area contributed by atoms with Crippen LogP contribution in [-0.4, -0.2) is 22.6 Å². The van der Waals surface area contributed by atoms with Gasteiger partial charge in [-0.2, -0.15) is 5.10 Å². The second kappa shape index (κ2) is 6.00. The Bertz CT molecular complexity index is 367. The van der Waals surface area contributed by atoms with Crippen molar-refractivity contribution in [3.8, 4) is 0 Å². The highest BCUT2D eigenvalue weighted by Crippen LogP contribution is 2.24. The minimum Gasteiger partial charge on any atom is -0.349 e. The number of nitrogens with zero attached hydrogens (tertiary/aromatic N) is 1. The molecule has 102 valence electrons. The Morgan fingerprint density at radius 3 is 2.67 bits per heavy atom. The van der Waals surface area contributed by atoms with E-state index in [1.54, 1.807) is 12.4 Å². The molecule has 5 nitrogen and oxygen atoms in total. The van der Waals surface area contributed by atoms with Crippen molar-refractivity contribution in [3.63, 3.8) is 0 Å². The molecule has 0 fully saturated rings. The molecule has 1 amide bonds. The highest BCUT2D eigenvalue weighted by Gasteiger charge is 2.24. The molecule has 0 radical (unpaired) electrons. The molecule has 5 heteroatoms. The molecule has 1 aromatic heterocycles. The van der Waals surface area contributed by atoms with Crippen LogP contribution in [0.25, 0.3) is 0 Å². The molecule has 18 heavy (non-hydrogen) atoms. The van der Waals surface area contributed by atoms with Crippen molar-refractivity contribution in [1.82, 2.24) is 15.5 Å². The first-order valence-electron chi connectivity index (χ1n) is 6.32. The van der Waals surface area contributed by atoms with Gasteiger partial charge in [0, 0.05) is 18.3 Å². The number of rotatable bonds is 5. The van der Waals surface area contributed by atoms with E-state index in [-0.39, 0.29) is 23.3 Å². The molecule has 0 aliphatic heterocycles. The lowest BCUT2D eigenvalue weighted by molar-refractivity contribution is -0.126. The number of carbonyl (C=O) groups excluding carboxylic acids is 1. The van der Waals surface area contributed by atoms with Gasteiger partial charge in [0.25, 0.3) is 0 Å². The standard InChI is InChI=1S/C13H24N4O/c1-9(11-7-15-16-8-11)17-12(18)10(6-14)5-13(2,3)4/h7-10H,5-6,14H2,1-4H3,(H,15,16)(H,17,18). The van der Waals surface area contributed by atoms with E-state index < -0.39 is 0 Å². The number of carbonyl (C=O) groups is 1. The smallest absolute Gasteiger partial charge is 0.224 e. The van der Waals surface area contributed by atoms with Gasteiger partial charge in [-0.1, -0.05) is 20.8 Å². The Balaban J connectivity index is 2.57. The summed E-state index contributed by atoms with van der Waals surface area (Å²) in [4.78, 5) is 12.1. The zero-order valence-electron chi connectivity index (χ0n) is 11.7. The Morgan fingerprint density at radius 1 is 1.56 bits per heavy atom. The van der Waals surface area contributed by atoms with Crippen molar-refractivity contribution < 1.29 is 4.79 Å². The first-order chi connectivity index (χ1) is 8.33. The van der Waals surface area contributed by atoms with E-state index in [4.69, 9.17) is 5.73 Å². The molecule has 0 aromatic carbocycles. The van der Waals surface area contributed by atoms with Gasteiger partial charge in [-0.15, -0.1) is 0 Å². The number of amides is 1. The molecule has 1 heterocycles. The molecule has 0 saturated carbocycles. The van der Waals surface area contributed by atoms with Gasteiger partial charge >= 0.3 is 0 Å². The van der Waals surface area contributed by atoms with E-state index in [2.05, 4.69) is 36.3 Å². The van der Waals surface area contributed by atoms with E-state index in [0.29, 0.717) is 6.54 Å². The minimum absolute atomic E-state index is 0.0149. The molecular weight excluding hydrogens is 228 g/mol. The Kier molecular flexibility index (Phi) is 4.90. The molecule has 0 bridgehead atoms. The third-order valence-corrected chi connectivity index (χ3v) is 2.89. The van der Waals surface area contributed by atoms with Crippen LogP contribution < -0.4 is 11.1 Å². The van der Waals surface area contributed by atoms with Gasteiger partial charge in [0.15, 0.2) is 0 Å². The number of aromatic amines is 1. The van der Waals surface area contributed by atoms with E-state index >= 15 is 0 Å². The summed E-state index contributed by atoms with van der Waals surface area (Å²) in [7, 11) is 0. The average Bonchev–Trinajstić information content (AvgIpc) is 2.77. The van der Waals surface area contributed by atoms with Crippen LogP contribution in [0.1, 0.15) is 45.7 Å². The molecule has 2 unspecified atom stereocenters. The first kappa shape index (κ1) is 14.7. The largest absolute Gasteiger partial charge is 0.349 e. The summed E-state index contributed by atoms with van der Waals surface area (Å²) in [5, 5.41) is 9.59. The van der Waals surface area contributed by atoms with Crippen molar-refractivity contribution in [2.75, 3.05) is 6.54 Å². The number of hydrogen-bond donors (Lipinski definition) is 3. The molecular formula is C13H24N4O. The second-order valence-electron chi connectivity index (χ2n) is 5.96. The lowest BCUT2D eigenvalue weighted by Crippen LogP contribution is -2.38. The van der Waals surface area contributed by atoms with Gasteiger partial charge in [0.05, 0.1) is 18.2 Å². The first-order valence-corrected chi connectivity index (χ1v) is 6.32. The lowest BCUT2D eigenvalue weighted by Gasteiger charge is -2.25. The van der Waals surface area contributed by atoms with Gasteiger partial charge in [-0.05, 0) is 18.8 Å². The zero-order chi connectivity index (χ0) is 13.8. The van der Waals surface area contributed by atoms with Gasteiger partial charge in [-0.25, -0.2) is 0 Å². The Hall–Kier alpha value is -1.36. The maximum Gasteiger partial charge on any atom is 0.224 e. The second-order valence-corrected chi connectivity index (χ2v) is 5.96. The van der Waals surface area contributed by atoms with Crippen LogP contribution in [0.2, 0.25) is 0 Å². The fraction of sp³-hybridized carbons (Fsp3) is 0.692. The Labute approximate surface area is 109 Å². The van der Waals surface area contributed by atoms with E-state index in [1.165, 1.54) is 0 Å². The van der Waals surface area contributed by atoms with Crippen LogP contribution >= 0.6 is 0 Å². The van der Waals surface area contributed by atoms with Crippen LogP contribution in [0.5, 0.6) is 0 Å². The zero-order valence-corrected chi connectivity index (χ0v) is 11.7. The topological polar surface area (TPSA) is 83.8 Å². The molecule has 0 aliphatic rings. The molecule has 2 atom stereocenters. The third-order valence-electron chi connectivity index (χ3n) is 2.89. The van der Waals surface area contributed by atoms with Gasteiger partial charge in [0.1, 0.15) is 0 Å². The maximum atomic E-state index is 12.1. The molecule has 4 N–H and O–H groups in total. The van der Waals surface area contributed by atoms with Crippen LogP contribution in [-0.2, 0) is 4.79 Å². The quantitative estimate of drug-likeness (QED) is 0.744. The number of nitrogens with two attached hydrogens (primary N) is 1. The van der Waals surface area contributed by atoms with Crippen LogP contribution in [0.15, 0.2) is 12.4 Å². The van der Waals surface area contributed by atoms with E-state index in [1.807, 2.05) is 6.92 Å². The van der Waals surface area contributed by atoms with Crippen molar-refractivity contribution in [2.24, 2.45) is 17.1 Å².